The van der Waals surface area contributed by atoms with Gasteiger partial charge < -0.3 is 16.4 Å². The molecule has 0 radical (unpaired) electrons. The number of benzene rings is 1. The molecule has 0 spiro atoms. The molecule has 4 heteroatoms. The summed E-state index contributed by atoms with van der Waals surface area (Å²) in [5, 5.41) is 5.53. The molecule has 0 bridgehead atoms. The van der Waals surface area contributed by atoms with Crippen LogP contribution in [-0.2, 0) is 0 Å². The fourth-order valence-corrected chi connectivity index (χ4v) is 1.40. The third-order valence-electron chi connectivity index (χ3n) is 2.54. The summed E-state index contributed by atoms with van der Waals surface area (Å²) in [5.41, 5.74) is 9.24. The Morgan fingerprint density at radius 3 is 2.69 bits per heavy atom. The first-order valence-corrected chi connectivity index (χ1v) is 5.46. The van der Waals surface area contributed by atoms with Gasteiger partial charge in [0.2, 0.25) is 0 Å². The van der Waals surface area contributed by atoms with Crippen molar-refractivity contribution in [3.8, 4) is 0 Å². The molecule has 0 saturated heterocycles. The van der Waals surface area contributed by atoms with Gasteiger partial charge in [0.1, 0.15) is 0 Å². The van der Waals surface area contributed by atoms with Crippen molar-refractivity contribution in [2.75, 3.05) is 17.6 Å². The lowest BCUT2D eigenvalue weighted by Crippen LogP contribution is -2.29. The van der Waals surface area contributed by atoms with E-state index in [1.165, 1.54) is 0 Å². The zero-order valence-electron chi connectivity index (χ0n) is 10.1. The van der Waals surface area contributed by atoms with Crippen molar-refractivity contribution in [2.45, 2.75) is 27.2 Å². The summed E-state index contributed by atoms with van der Waals surface area (Å²) in [4.78, 5) is 11.5. The Hall–Kier alpha value is -1.71. The van der Waals surface area contributed by atoms with Gasteiger partial charge in [0.25, 0.3) is 0 Å². The number of hydrogen-bond donors (Lipinski definition) is 3. The van der Waals surface area contributed by atoms with Gasteiger partial charge in [0, 0.05) is 6.54 Å². The first-order chi connectivity index (χ1) is 7.56. The maximum Gasteiger partial charge on any atom is 0.319 e. The van der Waals surface area contributed by atoms with E-state index in [0.717, 1.165) is 17.5 Å². The zero-order chi connectivity index (χ0) is 12.1. The van der Waals surface area contributed by atoms with Crippen LogP contribution in [0.2, 0.25) is 0 Å². The van der Waals surface area contributed by atoms with Gasteiger partial charge in [-0.3, -0.25) is 0 Å². The van der Waals surface area contributed by atoms with Crippen molar-refractivity contribution >= 4 is 17.4 Å². The standard InChI is InChI=1S/C12H19N3O/c1-4-7-14-12(16)15-11-9(3)8(2)5-6-10(11)13/h5-6H,4,7,13H2,1-3H3,(H2,14,15,16). The Bertz CT molecular complexity index is 388. The third-order valence-corrected chi connectivity index (χ3v) is 2.54. The van der Waals surface area contributed by atoms with Crippen LogP contribution in [0.3, 0.4) is 0 Å². The van der Waals surface area contributed by atoms with Crippen LogP contribution < -0.4 is 16.4 Å². The Kier molecular flexibility index (Phi) is 4.17. The van der Waals surface area contributed by atoms with Crippen LogP contribution >= 0.6 is 0 Å². The van der Waals surface area contributed by atoms with Gasteiger partial charge in [-0.25, -0.2) is 4.79 Å². The van der Waals surface area contributed by atoms with E-state index in [4.69, 9.17) is 5.73 Å². The molecule has 0 aliphatic carbocycles. The van der Waals surface area contributed by atoms with E-state index in [1.54, 1.807) is 6.07 Å². The Morgan fingerprint density at radius 1 is 1.38 bits per heavy atom. The summed E-state index contributed by atoms with van der Waals surface area (Å²) >= 11 is 0. The Balaban J connectivity index is 2.80. The number of aryl methyl sites for hydroxylation is 1. The molecule has 16 heavy (non-hydrogen) atoms. The lowest BCUT2D eigenvalue weighted by molar-refractivity contribution is 0.252. The number of carbonyl (C=O) groups is 1. The van der Waals surface area contributed by atoms with Gasteiger partial charge in [-0.05, 0) is 37.5 Å². The topological polar surface area (TPSA) is 67.2 Å². The van der Waals surface area contributed by atoms with Gasteiger partial charge in [-0.2, -0.15) is 0 Å². The zero-order valence-corrected chi connectivity index (χ0v) is 10.1. The fourth-order valence-electron chi connectivity index (χ4n) is 1.40. The molecular weight excluding hydrogens is 202 g/mol. The van der Waals surface area contributed by atoms with E-state index in [0.29, 0.717) is 17.9 Å². The molecule has 0 atom stereocenters. The minimum absolute atomic E-state index is 0.206. The average molecular weight is 221 g/mol. The summed E-state index contributed by atoms with van der Waals surface area (Å²) in [6.45, 7) is 6.61. The van der Waals surface area contributed by atoms with Crippen LogP contribution in [-0.4, -0.2) is 12.6 Å². The predicted octanol–water partition coefficient (Wildman–Crippen LogP) is 2.42. The molecule has 1 aromatic carbocycles. The van der Waals surface area contributed by atoms with E-state index in [9.17, 15) is 4.79 Å². The van der Waals surface area contributed by atoms with E-state index < -0.39 is 0 Å². The number of rotatable bonds is 3. The molecule has 88 valence electrons. The highest BCUT2D eigenvalue weighted by atomic mass is 16.2. The number of nitrogens with two attached hydrogens (primary N) is 1. The molecule has 4 N–H and O–H groups in total. The third kappa shape index (κ3) is 2.89. The normalized spacial score (nSPS) is 9.94. The molecule has 0 unspecified atom stereocenters. The number of anilines is 2. The molecule has 1 aromatic rings. The molecule has 2 amide bonds. The van der Waals surface area contributed by atoms with E-state index >= 15 is 0 Å². The molecule has 4 nitrogen and oxygen atoms in total. The molecular formula is C12H19N3O. The molecule has 0 aromatic heterocycles. The molecule has 0 aliphatic rings. The van der Waals surface area contributed by atoms with Crippen LogP contribution in [0.5, 0.6) is 0 Å². The van der Waals surface area contributed by atoms with Gasteiger partial charge >= 0.3 is 6.03 Å². The molecule has 0 saturated carbocycles. The average Bonchev–Trinajstić information content (AvgIpc) is 2.27. The predicted molar refractivity (Wildman–Crippen MR) is 67.6 cm³/mol. The summed E-state index contributed by atoms with van der Waals surface area (Å²) < 4.78 is 0. The molecule has 1 rings (SSSR count). The van der Waals surface area contributed by atoms with Gasteiger partial charge in [-0.1, -0.05) is 13.0 Å². The largest absolute Gasteiger partial charge is 0.397 e. The number of carbonyl (C=O) groups excluding carboxylic acids is 1. The Morgan fingerprint density at radius 2 is 2.06 bits per heavy atom. The van der Waals surface area contributed by atoms with Crippen molar-refractivity contribution in [1.82, 2.24) is 5.32 Å². The van der Waals surface area contributed by atoms with Crippen molar-refractivity contribution in [1.29, 1.82) is 0 Å². The minimum Gasteiger partial charge on any atom is -0.397 e. The van der Waals surface area contributed by atoms with Gasteiger partial charge in [0.15, 0.2) is 0 Å². The van der Waals surface area contributed by atoms with Crippen molar-refractivity contribution < 1.29 is 4.79 Å². The highest BCUT2D eigenvalue weighted by Crippen LogP contribution is 2.25. The maximum absolute atomic E-state index is 11.5. The summed E-state index contributed by atoms with van der Waals surface area (Å²) in [7, 11) is 0. The summed E-state index contributed by atoms with van der Waals surface area (Å²) in [5.74, 6) is 0. The lowest BCUT2D eigenvalue weighted by atomic mass is 10.1. The van der Waals surface area contributed by atoms with Crippen LogP contribution in [0.4, 0.5) is 16.2 Å². The van der Waals surface area contributed by atoms with E-state index in [1.807, 2.05) is 26.8 Å². The van der Waals surface area contributed by atoms with Crippen LogP contribution in [0.25, 0.3) is 0 Å². The second-order valence-electron chi connectivity index (χ2n) is 3.85. The SMILES string of the molecule is CCCNC(=O)Nc1c(N)ccc(C)c1C. The highest BCUT2D eigenvalue weighted by molar-refractivity contribution is 5.94. The Labute approximate surface area is 96.2 Å². The number of hydrogen-bond acceptors (Lipinski definition) is 2. The number of amides is 2. The first-order valence-electron chi connectivity index (χ1n) is 5.46. The lowest BCUT2D eigenvalue weighted by Gasteiger charge is -2.13. The second kappa shape index (κ2) is 5.39. The highest BCUT2D eigenvalue weighted by Gasteiger charge is 2.08. The smallest absolute Gasteiger partial charge is 0.319 e. The maximum atomic E-state index is 11.5. The quantitative estimate of drug-likeness (QED) is 0.686. The van der Waals surface area contributed by atoms with Crippen molar-refractivity contribution in [3.05, 3.63) is 23.3 Å². The first kappa shape index (κ1) is 12.4. The van der Waals surface area contributed by atoms with E-state index in [2.05, 4.69) is 10.6 Å². The molecule has 0 heterocycles. The monoisotopic (exact) mass is 221 g/mol. The minimum atomic E-state index is -0.206. The van der Waals surface area contributed by atoms with Crippen LogP contribution in [0.15, 0.2) is 12.1 Å². The summed E-state index contributed by atoms with van der Waals surface area (Å²) in [6, 6.07) is 3.54. The van der Waals surface area contributed by atoms with Crippen LogP contribution in [0, 0.1) is 13.8 Å². The van der Waals surface area contributed by atoms with E-state index in [-0.39, 0.29) is 6.03 Å². The number of nitrogen functional groups attached to an aromatic ring is 1. The van der Waals surface area contributed by atoms with Crippen molar-refractivity contribution in [3.63, 3.8) is 0 Å². The van der Waals surface area contributed by atoms with Gasteiger partial charge in [-0.15, -0.1) is 0 Å². The van der Waals surface area contributed by atoms with Crippen LogP contribution in [0.1, 0.15) is 24.5 Å². The molecule has 0 fully saturated rings. The van der Waals surface area contributed by atoms with Crippen molar-refractivity contribution in [2.24, 2.45) is 0 Å². The molecule has 0 aliphatic heterocycles. The van der Waals surface area contributed by atoms with Gasteiger partial charge in [0.05, 0.1) is 11.4 Å². The fraction of sp³-hybridized carbons (Fsp3) is 0.417. The second-order valence-corrected chi connectivity index (χ2v) is 3.85. The number of nitrogens with one attached hydrogen (secondary N) is 2. The number of urea groups is 1. The summed E-state index contributed by atoms with van der Waals surface area (Å²) in [6.07, 6.45) is 0.912.